The zero-order chi connectivity index (χ0) is 18.0. The fourth-order valence-electron chi connectivity index (χ4n) is 2.31. The third-order valence-corrected chi connectivity index (χ3v) is 5.34. The summed E-state index contributed by atoms with van der Waals surface area (Å²) in [6.07, 6.45) is 2.08. The molecule has 25 heavy (non-hydrogen) atoms. The Hall–Kier alpha value is -2.06. The highest BCUT2D eigenvalue weighted by Gasteiger charge is 2.20. The second kappa shape index (κ2) is 7.45. The lowest BCUT2D eigenvalue weighted by Gasteiger charge is -2.02. The van der Waals surface area contributed by atoms with Crippen LogP contribution in [0, 0.1) is 5.82 Å². The van der Waals surface area contributed by atoms with Crippen LogP contribution in [0.4, 0.5) is 9.52 Å². The molecule has 0 radical (unpaired) electrons. The smallest absolute Gasteiger partial charge is 0.279 e. The topological polar surface area (TPSA) is 70.7 Å². The minimum Gasteiger partial charge on any atom is -0.296 e. The van der Waals surface area contributed by atoms with Crippen molar-refractivity contribution in [2.75, 3.05) is 5.32 Å². The average Bonchev–Trinajstić information content (AvgIpc) is 3.16. The zero-order valence-corrected chi connectivity index (χ0v) is 16.0. The number of H-pyrrole nitrogens is 1. The van der Waals surface area contributed by atoms with Crippen molar-refractivity contribution in [1.82, 2.24) is 15.2 Å². The number of aromatic amines is 1. The van der Waals surface area contributed by atoms with Gasteiger partial charge in [-0.05, 0) is 33.5 Å². The standard InChI is InChI=1S/C17H16BrFN4OS/c1-9(2)14-13(18)15(23-22-14)16(24)21-17-20-8-11(25-17)7-10-5-3-4-6-12(10)19/h3-6,8-9H,7H2,1-2H3,(H,22,23)(H,20,21,24). The predicted octanol–water partition coefficient (Wildman–Crippen LogP) is 4.73. The molecule has 8 heteroatoms. The van der Waals surface area contributed by atoms with E-state index >= 15 is 0 Å². The van der Waals surface area contributed by atoms with Crippen molar-refractivity contribution < 1.29 is 9.18 Å². The molecule has 0 atom stereocenters. The summed E-state index contributed by atoms with van der Waals surface area (Å²) < 4.78 is 14.4. The van der Waals surface area contributed by atoms with Crippen LogP contribution in [0.15, 0.2) is 34.9 Å². The molecule has 2 heterocycles. The highest BCUT2D eigenvalue weighted by molar-refractivity contribution is 9.10. The van der Waals surface area contributed by atoms with Gasteiger partial charge in [0.15, 0.2) is 10.8 Å². The molecule has 0 aliphatic carbocycles. The number of aromatic nitrogens is 3. The van der Waals surface area contributed by atoms with Crippen molar-refractivity contribution in [2.24, 2.45) is 0 Å². The van der Waals surface area contributed by atoms with Gasteiger partial charge in [-0.1, -0.05) is 32.0 Å². The molecule has 0 bridgehead atoms. The molecule has 0 saturated carbocycles. The number of anilines is 1. The van der Waals surface area contributed by atoms with Crippen LogP contribution in [-0.4, -0.2) is 21.1 Å². The first-order valence-corrected chi connectivity index (χ1v) is 9.30. The summed E-state index contributed by atoms with van der Waals surface area (Å²) in [5, 5.41) is 10.1. The first kappa shape index (κ1) is 17.8. The van der Waals surface area contributed by atoms with Crippen LogP contribution in [0.3, 0.4) is 0 Å². The first-order valence-electron chi connectivity index (χ1n) is 7.69. The van der Waals surface area contributed by atoms with Gasteiger partial charge in [0.2, 0.25) is 0 Å². The third-order valence-electron chi connectivity index (χ3n) is 3.62. The first-order chi connectivity index (χ1) is 12.0. The molecule has 0 spiro atoms. The van der Waals surface area contributed by atoms with Gasteiger partial charge in [0, 0.05) is 17.5 Å². The maximum absolute atomic E-state index is 13.7. The number of amides is 1. The fraction of sp³-hybridized carbons (Fsp3) is 0.235. The van der Waals surface area contributed by atoms with Gasteiger partial charge in [0.05, 0.1) is 10.2 Å². The number of carbonyl (C=O) groups is 1. The molecule has 1 aromatic carbocycles. The summed E-state index contributed by atoms with van der Waals surface area (Å²) in [7, 11) is 0. The molecule has 0 unspecified atom stereocenters. The molecule has 1 amide bonds. The normalized spacial score (nSPS) is 11.1. The van der Waals surface area contributed by atoms with Crippen LogP contribution < -0.4 is 5.32 Å². The number of hydrogen-bond donors (Lipinski definition) is 2. The number of rotatable bonds is 5. The van der Waals surface area contributed by atoms with Gasteiger partial charge in [-0.25, -0.2) is 9.37 Å². The molecule has 130 valence electrons. The van der Waals surface area contributed by atoms with Gasteiger partial charge in [-0.2, -0.15) is 5.10 Å². The van der Waals surface area contributed by atoms with Crippen molar-refractivity contribution in [2.45, 2.75) is 26.2 Å². The van der Waals surface area contributed by atoms with Gasteiger partial charge >= 0.3 is 0 Å². The Morgan fingerprint density at radius 2 is 2.16 bits per heavy atom. The van der Waals surface area contributed by atoms with E-state index in [0.29, 0.717) is 21.6 Å². The monoisotopic (exact) mass is 422 g/mol. The van der Waals surface area contributed by atoms with Crippen molar-refractivity contribution in [3.05, 3.63) is 62.6 Å². The lowest BCUT2D eigenvalue weighted by molar-refractivity contribution is 0.102. The summed E-state index contributed by atoms with van der Waals surface area (Å²) in [5.41, 5.74) is 1.75. The zero-order valence-electron chi connectivity index (χ0n) is 13.6. The van der Waals surface area contributed by atoms with Crippen LogP contribution in [0.5, 0.6) is 0 Å². The van der Waals surface area contributed by atoms with E-state index in [1.54, 1.807) is 24.4 Å². The quantitative estimate of drug-likeness (QED) is 0.623. The molecule has 3 rings (SSSR count). The summed E-state index contributed by atoms with van der Waals surface area (Å²) in [4.78, 5) is 17.4. The fourth-order valence-corrected chi connectivity index (χ4v) is 3.95. The highest BCUT2D eigenvalue weighted by Crippen LogP contribution is 2.27. The summed E-state index contributed by atoms with van der Waals surface area (Å²) in [6.45, 7) is 4.02. The van der Waals surface area contributed by atoms with Crippen molar-refractivity contribution >= 4 is 38.3 Å². The molecule has 0 saturated heterocycles. The Morgan fingerprint density at radius 1 is 1.40 bits per heavy atom. The largest absolute Gasteiger partial charge is 0.296 e. The van der Waals surface area contributed by atoms with Gasteiger partial charge in [0.25, 0.3) is 5.91 Å². The van der Waals surface area contributed by atoms with Crippen molar-refractivity contribution in [3.8, 4) is 0 Å². The Balaban J connectivity index is 1.71. The molecular formula is C17H16BrFN4OS. The van der Waals surface area contributed by atoms with E-state index < -0.39 is 0 Å². The van der Waals surface area contributed by atoms with Crippen molar-refractivity contribution in [3.63, 3.8) is 0 Å². The van der Waals surface area contributed by atoms with Gasteiger partial charge in [0.1, 0.15) is 5.82 Å². The predicted molar refractivity (Wildman–Crippen MR) is 99.6 cm³/mol. The lowest BCUT2D eigenvalue weighted by Crippen LogP contribution is -2.12. The molecule has 0 aliphatic rings. The van der Waals surface area contributed by atoms with E-state index in [1.807, 2.05) is 13.8 Å². The van der Waals surface area contributed by atoms with Crippen molar-refractivity contribution in [1.29, 1.82) is 0 Å². The van der Waals surface area contributed by atoms with Crippen LogP contribution in [-0.2, 0) is 6.42 Å². The summed E-state index contributed by atoms with van der Waals surface area (Å²) in [6, 6.07) is 6.62. The molecule has 0 aliphatic heterocycles. The number of carbonyl (C=O) groups excluding carboxylic acids is 1. The minimum absolute atomic E-state index is 0.218. The maximum atomic E-state index is 13.7. The van der Waals surface area contributed by atoms with Crippen LogP contribution in [0.2, 0.25) is 0 Å². The Labute approximate surface area is 156 Å². The Kier molecular flexibility index (Phi) is 5.29. The number of benzene rings is 1. The van der Waals surface area contributed by atoms with Crippen LogP contribution in [0.25, 0.3) is 0 Å². The Bertz CT molecular complexity index is 906. The molecule has 2 aromatic heterocycles. The van der Waals surface area contributed by atoms with Crippen LogP contribution >= 0.6 is 27.3 Å². The number of thiazole rings is 1. The minimum atomic E-state index is -0.346. The third kappa shape index (κ3) is 3.96. The molecule has 5 nitrogen and oxygen atoms in total. The molecular weight excluding hydrogens is 407 g/mol. The van der Waals surface area contributed by atoms with E-state index in [1.165, 1.54) is 17.4 Å². The average molecular weight is 423 g/mol. The van der Waals surface area contributed by atoms with E-state index in [4.69, 9.17) is 0 Å². The second-order valence-corrected chi connectivity index (χ2v) is 7.72. The number of halogens is 2. The van der Waals surface area contributed by atoms with E-state index in [9.17, 15) is 9.18 Å². The number of nitrogens with zero attached hydrogens (tertiary/aromatic N) is 2. The lowest BCUT2D eigenvalue weighted by atomic mass is 10.1. The van der Waals surface area contributed by atoms with Gasteiger partial charge < -0.3 is 0 Å². The summed E-state index contributed by atoms with van der Waals surface area (Å²) in [5.74, 6) is -0.374. The van der Waals surface area contributed by atoms with Gasteiger partial charge in [-0.3, -0.25) is 15.2 Å². The maximum Gasteiger partial charge on any atom is 0.279 e. The number of nitrogens with one attached hydrogen (secondary N) is 2. The SMILES string of the molecule is CC(C)c1[nH]nc(C(=O)Nc2ncc(Cc3ccccc3F)s2)c1Br. The molecule has 0 fully saturated rings. The van der Waals surface area contributed by atoms with Gasteiger partial charge in [-0.15, -0.1) is 11.3 Å². The van der Waals surface area contributed by atoms with E-state index in [0.717, 1.165) is 10.6 Å². The Morgan fingerprint density at radius 3 is 2.84 bits per heavy atom. The highest BCUT2D eigenvalue weighted by atomic mass is 79.9. The van der Waals surface area contributed by atoms with E-state index in [-0.39, 0.29) is 23.3 Å². The molecule has 2 N–H and O–H groups in total. The summed E-state index contributed by atoms with van der Waals surface area (Å²) >= 11 is 4.73. The van der Waals surface area contributed by atoms with E-state index in [2.05, 4.69) is 36.4 Å². The number of hydrogen-bond acceptors (Lipinski definition) is 4. The molecule has 3 aromatic rings. The second-order valence-electron chi connectivity index (χ2n) is 5.81. The van der Waals surface area contributed by atoms with Crippen LogP contribution in [0.1, 0.15) is 46.4 Å².